The molecule has 0 amide bonds. The highest BCUT2D eigenvalue weighted by Gasteiger charge is 2.17. The lowest BCUT2D eigenvalue weighted by molar-refractivity contribution is 0.916. The minimum absolute atomic E-state index is 0.525. The molecular weight excluding hydrogens is 445 g/mol. The number of aryl methyl sites for hydroxylation is 1. The van der Waals surface area contributed by atoms with E-state index in [4.69, 9.17) is 23.2 Å². The molecule has 5 nitrogen and oxygen atoms in total. The van der Waals surface area contributed by atoms with Crippen LogP contribution in [0.3, 0.4) is 0 Å². The van der Waals surface area contributed by atoms with Crippen molar-refractivity contribution in [2.45, 2.75) is 18.5 Å². The van der Waals surface area contributed by atoms with Gasteiger partial charge in [0.15, 0.2) is 11.0 Å². The quantitative estimate of drug-likeness (QED) is 0.400. The van der Waals surface area contributed by atoms with Crippen molar-refractivity contribution in [1.82, 2.24) is 19.6 Å². The Bertz CT molecular complexity index is 895. The summed E-state index contributed by atoms with van der Waals surface area (Å²) >= 11 is 17.5. The molecule has 0 radical (unpaired) electrons. The summed E-state index contributed by atoms with van der Waals surface area (Å²) in [5.41, 5.74) is 5.45. The van der Waals surface area contributed by atoms with Crippen LogP contribution in [0.5, 0.6) is 0 Å². The number of thioether (sulfide) groups is 1. The zero-order valence-electron chi connectivity index (χ0n) is 13.4. The minimum atomic E-state index is 0.525. The highest BCUT2D eigenvalue weighted by atomic mass is 79.9. The van der Waals surface area contributed by atoms with Crippen molar-refractivity contribution in [3.05, 3.63) is 50.8 Å². The third-order valence-electron chi connectivity index (χ3n) is 3.43. The molecule has 2 heterocycles. The molecule has 0 spiro atoms. The fourth-order valence-electron chi connectivity index (χ4n) is 2.18. The molecule has 0 saturated heterocycles. The first-order valence-corrected chi connectivity index (χ1v) is 10.2. The monoisotopic (exact) mass is 457 g/mol. The molecule has 1 N–H and O–H groups in total. The molecular formula is C16H14BrCl2N5S. The van der Waals surface area contributed by atoms with Crippen LogP contribution in [-0.2, 0) is 6.42 Å². The normalized spacial score (nSPS) is 10.9. The molecule has 9 heteroatoms. The van der Waals surface area contributed by atoms with Gasteiger partial charge in [-0.05, 0) is 40.7 Å². The molecule has 25 heavy (non-hydrogen) atoms. The van der Waals surface area contributed by atoms with Gasteiger partial charge >= 0.3 is 0 Å². The zero-order chi connectivity index (χ0) is 18.0. The lowest BCUT2D eigenvalue weighted by Gasteiger charge is -2.14. The molecule has 0 atom stereocenters. The van der Waals surface area contributed by atoms with Gasteiger partial charge < -0.3 is 0 Å². The minimum Gasteiger partial charge on any atom is -0.290 e. The number of rotatable bonds is 5. The second-order valence-electron chi connectivity index (χ2n) is 5.04. The van der Waals surface area contributed by atoms with Crippen LogP contribution in [0.4, 0.5) is 5.69 Å². The van der Waals surface area contributed by atoms with Gasteiger partial charge in [-0.2, -0.15) is 0 Å². The van der Waals surface area contributed by atoms with Crippen LogP contribution in [0.15, 0.2) is 40.2 Å². The first-order chi connectivity index (χ1) is 12.0. The van der Waals surface area contributed by atoms with Crippen molar-refractivity contribution >= 4 is 56.6 Å². The van der Waals surface area contributed by atoms with Gasteiger partial charge in [0.1, 0.15) is 5.69 Å². The van der Waals surface area contributed by atoms with Crippen molar-refractivity contribution in [3.8, 4) is 11.5 Å². The van der Waals surface area contributed by atoms with Gasteiger partial charge in [0.05, 0.1) is 32.1 Å². The van der Waals surface area contributed by atoms with Gasteiger partial charge in [-0.15, -0.1) is 0 Å². The zero-order valence-corrected chi connectivity index (χ0v) is 17.3. The first-order valence-electron chi connectivity index (χ1n) is 7.39. The molecule has 0 saturated carbocycles. The number of anilines is 1. The molecule has 0 fully saturated rings. The van der Waals surface area contributed by atoms with E-state index in [1.165, 1.54) is 11.8 Å². The summed E-state index contributed by atoms with van der Waals surface area (Å²) in [5, 5.41) is 1.72. The van der Waals surface area contributed by atoms with E-state index in [9.17, 15) is 0 Å². The Morgan fingerprint density at radius 1 is 1.24 bits per heavy atom. The molecule has 3 aromatic rings. The van der Waals surface area contributed by atoms with E-state index in [0.717, 1.165) is 16.6 Å². The lowest BCUT2D eigenvalue weighted by atomic mass is 10.3. The maximum Gasteiger partial charge on any atom is 0.187 e. The molecule has 0 aliphatic carbocycles. The second-order valence-corrected chi connectivity index (χ2v) is 7.48. The first kappa shape index (κ1) is 18.5. The molecule has 0 unspecified atom stereocenters. The number of nitrogens with one attached hydrogen (secondary N) is 1. The number of para-hydroxylation sites is 1. The fourth-order valence-corrected chi connectivity index (χ4v) is 3.37. The van der Waals surface area contributed by atoms with Gasteiger partial charge in [0.2, 0.25) is 0 Å². The molecule has 0 aliphatic heterocycles. The smallest absolute Gasteiger partial charge is 0.187 e. The molecule has 1 aromatic carbocycles. The summed E-state index contributed by atoms with van der Waals surface area (Å²) < 4.78 is 2.54. The van der Waals surface area contributed by atoms with Crippen LogP contribution in [0, 0.1) is 0 Å². The predicted octanol–water partition coefficient (Wildman–Crippen LogP) is 5.57. The largest absolute Gasteiger partial charge is 0.290 e. The highest BCUT2D eigenvalue weighted by Crippen LogP contribution is 2.32. The Morgan fingerprint density at radius 3 is 2.60 bits per heavy atom. The van der Waals surface area contributed by atoms with Crippen LogP contribution in [0.2, 0.25) is 10.0 Å². The standard InChI is InChI=1S/C16H14BrCl2N5S/c1-3-9-8-24(23-14-11(18)5-4-6-12(14)19)15(21-9)13-10(17)7-20-16(22-13)25-2/h4-8,23H,3H2,1-2H3. The third kappa shape index (κ3) is 3.95. The Kier molecular flexibility index (Phi) is 5.89. The van der Waals surface area contributed by atoms with Crippen molar-refractivity contribution < 1.29 is 0 Å². The summed E-state index contributed by atoms with van der Waals surface area (Å²) in [7, 11) is 0. The summed E-state index contributed by atoms with van der Waals surface area (Å²) in [6.07, 6.45) is 6.35. The predicted molar refractivity (Wildman–Crippen MR) is 108 cm³/mol. The maximum atomic E-state index is 6.28. The molecule has 0 aliphatic rings. The summed E-state index contributed by atoms with van der Waals surface area (Å²) in [5.74, 6) is 0.650. The number of halogens is 3. The molecule has 2 aromatic heterocycles. The van der Waals surface area contributed by atoms with E-state index in [-0.39, 0.29) is 0 Å². The second kappa shape index (κ2) is 7.95. The van der Waals surface area contributed by atoms with Crippen LogP contribution < -0.4 is 5.43 Å². The van der Waals surface area contributed by atoms with E-state index < -0.39 is 0 Å². The van der Waals surface area contributed by atoms with Crippen LogP contribution in [-0.4, -0.2) is 25.9 Å². The van der Waals surface area contributed by atoms with E-state index in [0.29, 0.717) is 32.4 Å². The molecule has 130 valence electrons. The van der Waals surface area contributed by atoms with Crippen LogP contribution in [0.1, 0.15) is 12.6 Å². The van der Waals surface area contributed by atoms with E-state index in [1.807, 2.05) is 19.4 Å². The Balaban J connectivity index is 2.11. The van der Waals surface area contributed by atoms with Gasteiger partial charge in [-0.3, -0.25) is 5.43 Å². The van der Waals surface area contributed by atoms with Crippen LogP contribution >= 0.6 is 50.9 Å². The molecule has 0 bridgehead atoms. The number of imidazole rings is 1. The van der Waals surface area contributed by atoms with Crippen molar-refractivity contribution in [2.75, 3.05) is 11.7 Å². The van der Waals surface area contributed by atoms with Gasteiger partial charge in [-0.1, -0.05) is 48.0 Å². The summed E-state index contributed by atoms with van der Waals surface area (Å²) in [4.78, 5) is 13.5. The number of nitrogens with zero attached hydrogens (tertiary/aromatic N) is 4. The SMILES string of the molecule is CCc1cn(Nc2c(Cl)cccc2Cl)c(-c2nc(SC)ncc2Br)n1. The number of aromatic nitrogens is 4. The average Bonchev–Trinajstić information content (AvgIpc) is 3.01. The Hall–Kier alpha value is -1.28. The summed E-state index contributed by atoms with van der Waals surface area (Å²) in [6.45, 7) is 2.04. The van der Waals surface area contributed by atoms with E-state index in [2.05, 4.69) is 36.3 Å². The van der Waals surface area contributed by atoms with E-state index >= 15 is 0 Å². The number of benzene rings is 1. The Labute approximate surface area is 168 Å². The Morgan fingerprint density at radius 2 is 1.96 bits per heavy atom. The average molecular weight is 459 g/mol. The van der Waals surface area contributed by atoms with Crippen LogP contribution in [0.25, 0.3) is 11.5 Å². The topological polar surface area (TPSA) is 55.6 Å². The van der Waals surface area contributed by atoms with E-state index in [1.54, 1.807) is 29.1 Å². The van der Waals surface area contributed by atoms with Gasteiger partial charge in [-0.25, -0.2) is 19.6 Å². The van der Waals surface area contributed by atoms with Crippen molar-refractivity contribution in [2.24, 2.45) is 0 Å². The third-order valence-corrected chi connectivity index (χ3v) is 5.20. The summed E-state index contributed by atoms with van der Waals surface area (Å²) in [6, 6.07) is 5.35. The number of hydrogen-bond donors (Lipinski definition) is 1. The lowest BCUT2D eigenvalue weighted by Crippen LogP contribution is -2.11. The van der Waals surface area contributed by atoms with Crippen molar-refractivity contribution in [1.29, 1.82) is 0 Å². The highest BCUT2D eigenvalue weighted by molar-refractivity contribution is 9.10. The number of hydrogen-bond acceptors (Lipinski definition) is 5. The van der Waals surface area contributed by atoms with Gasteiger partial charge in [0.25, 0.3) is 0 Å². The van der Waals surface area contributed by atoms with Crippen molar-refractivity contribution in [3.63, 3.8) is 0 Å². The fraction of sp³-hybridized carbons (Fsp3) is 0.188. The van der Waals surface area contributed by atoms with Gasteiger partial charge in [0, 0.05) is 6.20 Å². The maximum absolute atomic E-state index is 6.28. The molecule has 3 rings (SSSR count).